The normalized spacial score (nSPS) is 16.8. The third kappa shape index (κ3) is 7.21. The molecule has 1 fully saturated rings. The van der Waals surface area contributed by atoms with Crippen LogP contribution in [0.5, 0.6) is 0 Å². The molecule has 2 N–H and O–H groups in total. The summed E-state index contributed by atoms with van der Waals surface area (Å²) in [7, 11) is -4.06. The summed E-state index contributed by atoms with van der Waals surface area (Å²) in [5.41, 5.74) is 0.861. The van der Waals surface area contributed by atoms with E-state index in [1.807, 2.05) is 30.3 Å². The van der Waals surface area contributed by atoms with E-state index in [1.54, 1.807) is 0 Å². The van der Waals surface area contributed by atoms with Crippen LogP contribution in [0.1, 0.15) is 50.5 Å². The molecule has 0 bridgehead atoms. The summed E-state index contributed by atoms with van der Waals surface area (Å²) >= 11 is 12.1. The lowest BCUT2D eigenvalue weighted by molar-refractivity contribution is -0.123. The summed E-state index contributed by atoms with van der Waals surface area (Å²) in [6.07, 6.45) is 7.76. The molecule has 0 heterocycles. The van der Waals surface area contributed by atoms with Gasteiger partial charge in [0.25, 0.3) is 0 Å². The molecule has 0 radical (unpaired) electrons. The van der Waals surface area contributed by atoms with Crippen LogP contribution in [0, 0.1) is 0 Å². The van der Waals surface area contributed by atoms with Crippen LogP contribution in [0.2, 0.25) is 10.0 Å². The SMILES string of the molecule is O=C(NC1CCCCCCC1)[C@@H](Cc1ccccc1)NS(=O)(=O)c1cc(Cl)ccc1Cl. The molecule has 1 aliphatic carbocycles. The van der Waals surface area contributed by atoms with Crippen LogP contribution in [0.3, 0.4) is 0 Å². The first-order valence-corrected chi connectivity index (χ1v) is 12.9. The van der Waals surface area contributed by atoms with Crippen LogP contribution in [-0.4, -0.2) is 26.4 Å². The number of halogens is 2. The van der Waals surface area contributed by atoms with Crippen LogP contribution >= 0.6 is 23.2 Å². The molecule has 0 aliphatic heterocycles. The van der Waals surface area contributed by atoms with E-state index < -0.39 is 16.1 Å². The van der Waals surface area contributed by atoms with Crippen molar-refractivity contribution in [2.45, 2.75) is 68.3 Å². The number of amides is 1. The van der Waals surface area contributed by atoms with Gasteiger partial charge in [-0.2, -0.15) is 4.72 Å². The quantitative estimate of drug-likeness (QED) is 0.575. The smallest absolute Gasteiger partial charge is 0.242 e. The van der Waals surface area contributed by atoms with Gasteiger partial charge in [-0.3, -0.25) is 4.79 Å². The van der Waals surface area contributed by atoms with Gasteiger partial charge in [-0.05, 0) is 43.0 Å². The van der Waals surface area contributed by atoms with Crippen LogP contribution in [0.25, 0.3) is 0 Å². The second-order valence-electron chi connectivity index (χ2n) is 7.99. The fourth-order valence-electron chi connectivity index (χ4n) is 3.87. The molecule has 1 atom stereocenters. The van der Waals surface area contributed by atoms with Gasteiger partial charge in [-0.25, -0.2) is 8.42 Å². The molecule has 0 unspecified atom stereocenters. The Morgan fingerprint density at radius 2 is 1.61 bits per heavy atom. The van der Waals surface area contributed by atoms with E-state index in [4.69, 9.17) is 23.2 Å². The summed E-state index contributed by atoms with van der Waals surface area (Å²) in [5, 5.41) is 3.39. The van der Waals surface area contributed by atoms with Crippen LogP contribution in [0.4, 0.5) is 0 Å². The van der Waals surface area contributed by atoms with E-state index in [9.17, 15) is 13.2 Å². The minimum Gasteiger partial charge on any atom is -0.352 e. The molecule has 2 aromatic carbocycles. The molecule has 1 aliphatic rings. The van der Waals surface area contributed by atoms with Crippen molar-refractivity contribution in [1.82, 2.24) is 10.0 Å². The molecule has 31 heavy (non-hydrogen) atoms. The Hall–Kier alpha value is -1.60. The second kappa shape index (κ2) is 11.3. The molecule has 8 heteroatoms. The number of nitrogens with one attached hydrogen (secondary N) is 2. The standard InChI is InChI=1S/C23H28Cl2N2O3S/c24-18-13-14-20(25)22(16-18)31(29,30)27-21(15-17-9-5-4-6-10-17)23(28)26-19-11-7-2-1-3-8-12-19/h4-6,9-10,13-14,16,19,21,27H,1-3,7-8,11-12,15H2,(H,26,28)/t21-/m1/s1. The fourth-order valence-corrected chi connectivity index (χ4v) is 5.83. The average molecular weight is 483 g/mol. The van der Waals surface area contributed by atoms with Gasteiger partial charge in [-0.15, -0.1) is 0 Å². The number of rotatable bonds is 7. The summed E-state index contributed by atoms with van der Waals surface area (Å²) in [4.78, 5) is 13.0. The number of carbonyl (C=O) groups is 1. The number of carbonyl (C=O) groups excluding carboxylic acids is 1. The molecular weight excluding hydrogens is 455 g/mol. The third-order valence-corrected chi connectivity index (χ3v) is 7.72. The largest absolute Gasteiger partial charge is 0.352 e. The third-order valence-electron chi connectivity index (χ3n) is 5.53. The van der Waals surface area contributed by atoms with E-state index in [2.05, 4.69) is 10.0 Å². The lowest BCUT2D eigenvalue weighted by Crippen LogP contribution is -2.50. The Balaban J connectivity index is 1.81. The maximum atomic E-state index is 13.2. The van der Waals surface area contributed by atoms with Gasteiger partial charge in [-0.1, -0.05) is 85.6 Å². The van der Waals surface area contributed by atoms with Crippen molar-refractivity contribution in [3.63, 3.8) is 0 Å². The Morgan fingerprint density at radius 3 is 2.29 bits per heavy atom. The van der Waals surface area contributed by atoms with Gasteiger partial charge in [0.1, 0.15) is 10.9 Å². The highest BCUT2D eigenvalue weighted by Gasteiger charge is 2.29. The van der Waals surface area contributed by atoms with Crippen molar-refractivity contribution in [3.05, 3.63) is 64.1 Å². The van der Waals surface area contributed by atoms with E-state index in [1.165, 1.54) is 37.5 Å². The Labute approximate surface area is 194 Å². The van der Waals surface area contributed by atoms with Gasteiger partial charge >= 0.3 is 0 Å². The predicted octanol–water partition coefficient (Wildman–Crippen LogP) is 5.11. The first-order valence-electron chi connectivity index (χ1n) is 10.7. The molecular formula is C23H28Cl2N2O3S. The van der Waals surface area contributed by atoms with Crippen molar-refractivity contribution in [2.24, 2.45) is 0 Å². The van der Waals surface area contributed by atoms with Crippen molar-refractivity contribution >= 4 is 39.1 Å². The first kappa shape index (κ1) is 24.1. The average Bonchev–Trinajstić information content (AvgIpc) is 2.71. The summed E-state index contributed by atoms with van der Waals surface area (Å²) in [6, 6.07) is 12.7. The van der Waals surface area contributed by atoms with Gasteiger partial charge in [0.2, 0.25) is 15.9 Å². The lowest BCUT2D eigenvalue weighted by atomic mass is 9.96. The van der Waals surface area contributed by atoms with Crippen LogP contribution in [0.15, 0.2) is 53.4 Å². The topological polar surface area (TPSA) is 75.3 Å². The van der Waals surface area contributed by atoms with Gasteiger partial charge in [0, 0.05) is 11.1 Å². The van der Waals surface area contributed by atoms with Crippen LogP contribution in [-0.2, 0) is 21.2 Å². The van der Waals surface area contributed by atoms with E-state index in [0.717, 1.165) is 31.2 Å². The summed E-state index contributed by atoms with van der Waals surface area (Å²) in [5.74, 6) is -0.323. The Bertz CT molecular complexity index is 976. The minimum absolute atomic E-state index is 0.0517. The summed E-state index contributed by atoms with van der Waals surface area (Å²) in [6.45, 7) is 0. The highest BCUT2D eigenvalue weighted by Crippen LogP contribution is 2.25. The fraction of sp³-hybridized carbons (Fsp3) is 0.435. The Morgan fingerprint density at radius 1 is 0.968 bits per heavy atom. The van der Waals surface area contributed by atoms with E-state index in [0.29, 0.717) is 0 Å². The predicted molar refractivity (Wildman–Crippen MR) is 125 cm³/mol. The molecule has 168 valence electrons. The van der Waals surface area contributed by atoms with E-state index >= 15 is 0 Å². The van der Waals surface area contributed by atoms with Gasteiger partial charge < -0.3 is 5.32 Å². The van der Waals surface area contributed by atoms with Crippen molar-refractivity contribution < 1.29 is 13.2 Å². The van der Waals surface area contributed by atoms with Crippen molar-refractivity contribution in [1.29, 1.82) is 0 Å². The molecule has 2 aromatic rings. The molecule has 1 amide bonds. The van der Waals surface area contributed by atoms with E-state index in [-0.39, 0.29) is 33.3 Å². The highest BCUT2D eigenvalue weighted by molar-refractivity contribution is 7.89. The maximum Gasteiger partial charge on any atom is 0.242 e. The number of hydrogen-bond acceptors (Lipinski definition) is 3. The van der Waals surface area contributed by atoms with Crippen molar-refractivity contribution in [3.8, 4) is 0 Å². The number of benzene rings is 2. The molecule has 0 aromatic heterocycles. The lowest BCUT2D eigenvalue weighted by Gasteiger charge is -2.25. The summed E-state index contributed by atoms with van der Waals surface area (Å²) < 4.78 is 28.7. The molecule has 5 nitrogen and oxygen atoms in total. The molecule has 0 spiro atoms. The van der Waals surface area contributed by atoms with Crippen LogP contribution < -0.4 is 10.0 Å². The Kier molecular flexibility index (Phi) is 8.78. The zero-order valence-electron chi connectivity index (χ0n) is 17.3. The van der Waals surface area contributed by atoms with Gasteiger partial charge in [0.05, 0.1) is 5.02 Å². The zero-order valence-corrected chi connectivity index (χ0v) is 19.6. The first-order chi connectivity index (χ1) is 14.8. The maximum absolute atomic E-state index is 13.2. The monoisotopic (exact) mass is 482 g/mol. The molecule has 1 saturated carbocycles. The molecule has 0 saturated heterocycles. The molecule has 3 rings (SSSR count). The van der Waals surface area contributed by atoms with Gasteiger partial charge in [0.15, 0.2) is 0 Å². The second-order valence-corrected chi connectivity index (χ2v) is 10.5. The number of hydrogen-bond donors (Lipinski definition) is 2. The minimum atomic E-state index is -4.06. The highest BCUT2D eigenvalue weighted by atomic mass is 35.5. The number of sulfonamides is 1. The van der Waals surface area contributed by atoms with Crippen molar-refractivity contribution in [2.75, 3.05) is 0 Å². The zero-order chi connectivity index (χ0) is 22.3.